The molecule has 0 saturated carbocycles. The summed E-state index contributed by atoms with van der Waals surface area (Å²) in [7, 11) is -2.33. The molecule has 2 amide bonds. The fourth-order valence-corrected chi connectivity index (χ4v) is 6.41. The average molecular weight is 473 g/mol. The Labute approximate surface area is 188 Å². The molecule has 0 saturated heterocycles. The molecule has 166 valence electrons. The van der Waals surface area contributed by atoms with E-state index >= 15 is 0 Å². The zero-order valence-electron chi connectivity index (χ0n) is 17.0. The van der Waals surface area contributed by atoms with Crippen molar-refractivity contribution in [3.8, 4) is 11.5 Å². The lowest BCUT2D eigenvalue weighted by atomic mass is 9.90. The molecule has 3 N–H and O–H groups in total. The van der Waals surface area contributed by atoms with Crippen LogP contribution in [0.4, 0.5) is 5.69 Å². The van der Waals surface area contributed by atoms with E-state index in [4.69, 9.17) is 15.2 Å². The number of hydrogen-bond acceptors (Lipinski definition) is 7. The van der Waals surface area contributed by atoms with Gasteiger partial charge in [-0.25, -0.2) is 8.42 Å². The quantitative estimate of drug-likeness (QED) is 0.545. The maximum atomic E-state index is 13.2. The van der Waals surface area contributed by atoms with Crippen LogP contribution >= 0.6 is 11.3 Å². The van der Waals surface area contributed by atoms with Crippen LogP contribution in [0, 0.1) is 0 Å². The minimum atomic E-state index is -3.84. The first-order chi connectivity index (χ1) is 15.3. The van der Waals surface area contributed by atoms with Gasteiger partial charge in [-0.05, 0) is 42.0 Å². The van der Waals surface area contributed by atoms with Gasteiger partial charge < -0.3 is 20.5 Å². The summed E-state index contributed by atoms with van der Waals surface area (Å²) in [4.78, 5) is 24.3. The summed E-state index contributed by atoms with van der Waals surface area (Å²) in [6, 6.07) is 13.1. The molecule has 3 aromatic rings. The van der Waals surface area contributed by atoms with E-state index in [1.54, 1.807) is 41.8 Å². The lowest BCUT2D eigenvalue weighted by Crippen LogP contribution is -2.23. The molecule has 32 heavy (non-hydrogen) atoms. The van der Waals surface area contributed by atoms with Gasteiger partial charge >= 0.3 is 0 Å². The van der Waals surface area contributed by atoms with E-state index in [2.05, 4.69) is 5.32 Å². The Kier molecular flexibility index (Phi) is 5.90. The highest BCUT2D eigenvalue weighted by Gasteiger charge is 2.34. The smallest absolute Gasteiger partial charge is 0.255 e. The molecule has 8 nitrogen and oxygen atoms in total. The number of carbonyl (C=O) groups is 2. The van der Waals surface area contributed by atoms with Crippen LogP contribution < -0.4 is 20.5 Å². The van der Waals surface area contributed by atoms with E-state index in [0.717, 1.165) is 10.4 Å². The third kappa shape index (κ3) is 4.19. The number of anilines is 1. The topological polar surface area (TPSA) is 125 Å². The highest BCUT2D eigenvalue weighted by Crippen LogP contribution is 2.46. The van der Waals surface area contributed by atoms with Gasteiger partial charge in [0, 0.05) is 22.6 Å². The van der Waals surface area contributed by atoms with E-state index < -0.39 is 15.7 Å². The maximum absolute atomic E-state index is 13.2. The molecule has 1 aromatic heterocycles. The first-order valence-corrected chi connectivity index (χ1v) is 12.0. The van der Waals surface area contributed by atoms with Gasteiger partial charge in [-0.3, -0.25) is 9.59 Å². The number of rotatable bonds is 7. The number of thiophene rings is 1. The van der Waals surface area contributed by atoms with Gasteiger partial charge in [0.2, 0.25) is 15.7 Å². The van der Waals surface area contributed by atoms with Crippen molar-refractivity contribution in [2.45, 2.75) is 22.1 Å². The van der Waals surface area contributed by atoms with Crippen LogP contribution in [-0.2, 0) is 19.4 Å². The molecule has 2 aromatic carbocycles. The monoisotopic (exact) mass is 472 g/mol. The second kappa shape index (κ2) is 8.64. The van der Waals surface area contributed by atoms with Crippen molar-refractivity contribution in [3.63, 3.8) is 0 Å². The lowest BCUT2D eigenvalue weighted by Gasteiger charge is -2.24. The molecule has 0 bridgehead atoms. The van der Waals surface area contributed by atoms with E-state index in [9.17, 15) is 18.0 Å². The van der Waals surface area contributed by atoms with E-state index in [-0.39, 0.29) is 34.6 Å². The second-order valence-electron chi connectivity index (χ2n) is 7.15. The molecule has 0 spiro atoms. The number of nitrogens with two attached hydrogens (primary N) is 1. The number of carbonyl (C=O) groups excluding carboxylic acids is 2. The Balaban J connectivity index is 1.67. The van der Waals surface area contributed by atoms with Gasteiger partial charge in [-0.15, -0.1) is 11.3 Å². The largest absolute Gasteiger partial charge is 0.497 e. The first-order valence-electron chi connectivity index (χ1n) is 9.61. The third-order valence-corrected chi connectivity index (χ3v) is 8.12. The second-order valence-corrected chi connectivity index (χ2v) is 9.98. The van der Waals surface area contributed by atoms with Crippen molar-refractivity contribution in [1.82, 2.24) is 0 Å². The molecule has 1 unspecified atom stereocenters. The van der Waals surface area contributed by atoms with Crippen molar-refractivity contribution >= 4 is 38.7 Å². The molecule has 0 aliphatic carbocycles. The molecule has 0 radical (unpaired) electrons. The number of primary amides is 1. The van der Waals surface area contributed by atoms with Crippen molar-refractivity contribution < 1.29 is 27.5 Å². The Bertz CT molecular complexity index is 1260. The zero-order valence-corrected chi connectivity index (χ0v) is 18.7. The normalized spacial score (nSPS) is 15.5. The van der Waals surface area contributed by atoms with Gasteiger partial charge in [-0.2, -0.15) is 0 Å². The van der Waals surface area contributed by atoms with Crippen molar-refractivity contribution in [3.05, 3.63) is 64.4 Å². The van der Waals surface area contributed by atoms with Gasteiger partial charge in [0.05, 0.1) is 17.7 Å². The number of methoxy groups -OCH3 is 1. The van der Waals surface area contributed by atoms with Gasteiger partial charge in [0.25, 0.3) is 5.91 Å². The number of benzene rings is 2. The number of fused-ring (bicyclic) bond motifs is 1. The molecule has 4 rings (SSSR count). The Hall–Kier alpha value is -3.37. The lowest BCUT2D eigenvalue weighted by molar-refractivity contribution is -0.120. The fraction of sp³-hybridized carbons (Fsp3) is 0.182. The molecular formula is C22H20N2O6S2. The number of ether oxygens (including phenoxy) is 2. The standard InChI is InChI=1S/C22H20N2O6S2/c1-29-14-6-8-16(9-7-14)32(27,28)18-12-31-22-17(10-20(26)24-21(18)22)13-2-4-15(5-3-13)30-11-19(23)25/h2-9,12,17H,10-11H2,1H3,(H2,23,25)(H,24,26). The number of sulfone groups is 1. The Morgan fingerprint density at radius 3 is 2.41 bits per heavy atom. The summed E-state index contributed by atoms with van der Waals surface area (Å²) in [5.41, 5.74) is 6.24. The van der Waals surface area contributed by atoms with Crippen molar-refractivity contribution in [2.75, 3.05) is 19.0 Å². The number of hydrogen-bond donors (Lipinski definition) is 2. The molecule has 1 atom stereocenters. The molecular weight excluding hydrogens is 452 g/mol. The average Bonchev–Trinajstić information content (AvgIpc) is 3.22. The summed E-state index contributed by atoms with van der Waals surface area (Å²) in [6.07, 6.45) is 0.191. The van der Waals surface area contributed by atoms with Crippen molar-refractivity contribution in [1.29, 1.82) is 0 Å². The van der Waals surface area contributed by atoms with Crippen molar-refractivity contribution in [2.24, 2.45) is 5.73 Å². The van der Waals surface area contributed by atoms with Crippen LogP contribution in [0.2, 0.25) is 0 Å². The van der Waals surface area contributed by atoms with Gasteiger partial charge in [-0.1, -0.05) is 12.1 Å². The van der Waals surface area contributed by atoms with Crippen LogP contribution in [0.25, 0.3) is 0 Å². The molecule has 1 aliphatic heterocycles. The summed E-state index contributed by atoms with van der Waals surface area (Å²) >= 11 is 1.29. The first kappa shape index (κ1) is 21.8. The molecule has 0 fully saturated rings. The predicted molar refractivity (Wildman–Crippen MR) is 119 cm³/mol. The molecule has 1 aliphatic rings. The Morgan fingerprint density at radius 1 is 1.12 bits per heavy atom. The number of nitrogens with one attached hydrogen (secondary N) is 1. The predicted octanol–water partition coefficient (Wildman–Crippen LogP) is 2.93. The third-order valence-electron chi connectivity index (χ3n) is 5.08. The summed E-state index contributed by atoms with van der Waals surface area (Å²) in [5.74, 6) is -0.114. The summed E-state index contributed by atoms with van der Waals surface area (Å²) in [5, 5.41) is 4.31. The molecule has 10 heteroatoms. The van der Waals surface area contributed by atoms with Crippen LogP contribution in [0.15, 0.2) is 63.7 Å². The van der Waals surface area contributed by atoms with E-state index in [1.165, 1.54) is 30.6 Å². The van der Waals surface area contributed by atoms with Gasteiger partial charge in [0.1, 0.15) is 16.4 Å². The SMILES string of the molecule is COc1ccc(S(=O)(=O)c2csc3c2NC(=O)CC3c2ccc(OCC(N)=O)cc2)cc1. The highest BCUT2D eigenvalue weighted by molar-refractivity contribution is 7.91. The summed E-state index contributed by atoms with van der Waals surface area (Å²) in [6.45, 7) is -0.229. The molecule has 2 heterocycles. The summed E-state index contributed by atoms with van der Waals surface area (Å²) < 4.78 is 36.9. The van der Waals surface area contributed by atoms with E-state index in [0.29, 0.717) is 17.2 Å². The minimum absolute atomic E-state index is 0.0714. The Morgan fingerprint density at radius 2 is 1.78 bits per heavy atom. The minimum Gasteiger partial charge on any atom is -0.497 e. The number of amides is 2. The fourth-order valence-electron chi connectivity index (χ4n) is 3.50. The van der Waals surface area contributed by atoms with Gasteiger partial charge in [0.15, 0.2) is 6.61 Å². The zero-order chi connectivity index (χ0) is 22.9. The van der Waals surface area contributed by atoms with Crippen LogP contribution in [0.1, 0.15) is 22.8 Å². The van der Waals surface area contributed by atoms with Crippen LogP contribution in [0.5, 0.6) is 11.5 Å². The maximum Gasteiger partial charge on any atom is 0.255 e. The highest BCUT2D eigenvalue weighted by atomic mass is 32.2. The van der Waals surface area contributed by atoms with Crippen LogP contribution in [-0.4, -0.2) is 33.9 Å². The van der Waals surface area contributed by atoms with E-state index in [1.807, 2.05) is 0 Å². The van der Waals surface area contributed by atoms with Crippen LogP contribution in [0.3, 0.4) is 0 Å².